The average Bonchev–Trinajstić information content (AvgIpc) is 3.32. The minimum Gasteiger partial charge on any atom is -0.351 e. The van der Waals surface area contributed by atoms with Crippen LogP contribution in [-0.4, -0.2) is 14.7 Å². The first-order valence-electron chi connectivity index (χ1n) is 11.7. The number of benzene rings is 2. The summed E-state index contributed by atoms with van der Waals surface area (Å²) < 4.78 is 2.34. The van der Waals surface area contributed by atoms with Gasteiger partial charge in [0.15, 0.2) is 5.11 Å². The van der Waals surface area contributed by atoms with Crippen LogP contribution < -0.4 is 10.2 Å². The molecule has 1 aliphatic heterocycles. The summed E-state index contributed by atoms with van der Waals surface area (Å²) >= 11 is 5.92. The standard InChI is InChI=1S/C29H30N4S/c1-18-9-12-23(13-10-18)32-21(4)17-25(22(32)5)28-27(26-8-6-7-15-30-26)31-29(34)33(28)24-14-11-19(2)20(3)16-24/h6-17,27-28H,1-5H3,(H,31,34). The van der Waals surface area contributed by atoms with Crippen LogP contribution in [0.1, 0.15) is 51.4 Å². The summed E-state index contributed by atoms with van der Waals surface area (Å²) in [5.74, 6) is 0. The van der Waals surface area contributed by atoms with Gasteiger partial charge in [0.1, 0.15) is 0 Å². The van der Waals surface area contributed by atoms with E-state index < -0.39 is 0 Å². The molecule has 0 radical (unpaired) electrons. The second-order valence-corrected chi connectivity index (χ2v) is 9.65. The lowest BCUT2D eigenvalue weighted by atomic mass is 9.96. The first-order chi connectivity index (χ1) is 16.3. The first kappa shape index (κ1) is 22.4. The van der Waals surface area contributed by atoms with Gasteiger partial charge in [-0.1, -0.05) is 29.8 Å². The van der Waals surface area contributed by atoms with Gasteiger partial charge in [-0.15, -0.1) is 0 Å². The van der Waals surface area contributed by atoms with Gasteiger partial charge >= 0.3 is 0 Å². The second kappa shape index (κ2) is 8.73. The van der Waals surface area contributed by atoms with Crippen molar-refractivity contribution in [1.29, 1.82) is 0 Å². The third kappa shape index (κ3) is 3.80. The molecule has 2 unspecified atom stereocenters. The quantitative estimate of drug-likeness (QED) is 0.344. The summed E-state index contributed by atoms with van der Waals surface area (Å²) in [6, 6.07) is 23.6. The molecule has 5 rings (SSSR count). The van der Waals surface area contributed by atoms with E-state index in [9.17, 15) is 0 Å². The van der Waals surface area contributed by atoms with E-state index in [1.165, 1.54) is 39.3 Å². The van der Waals surface area contributed by atoms with Crippen LogP contribution in [0.2, 0.25) is 0 Å². The molecule has 4 aromatic rings. The van der Waals surface area contributed by atoms with E-state index in [4.69, 9.17) is 17.2 Å². The number of aryl methyl sites for hydroxylation is 4. The molecule has 2 aromatic heterocycles. The highest BCUT2D eigenvalue weighted by molar-refractivity contribution is 7.80. The van der Waals surface area contributed by atoms with Crippen molar-refractivity contribution in [2.75, 3.05) is 4.90 Å². The Morgan fingerprint density at radius 3 is 2.24 bits per heavy atom. The van der Waals surface area contributed by atoms with Crippen LogP contribution in [0.4, 0.5) is 5.69 Å². The number of anilines is 1. The van der Waals surface area contributed by atoms with E-state index in [0.717, 1.165) is 16.5 Å². The molecule has 1 fully saturated rings. The molecule has 0 aliphatic carbocycles. The topological polar surface area (TPSA) is 33.1 Å². The SMILES string of the molecule is Cc1ccc(-n2c(C)cc(C3C(c4ccccn4)NC(=S)N3c3ccc(C)c(C)c3)c2C)cc1. The highest BCUT2D eigenvalue weighted by Crippen LogP contribution is 2.44. The van der Waals surface area contributed by atoms with Gasteiger partial charge in [-0.3, -0.25) is 4.98 Å². The molecular formula is C29H30N4S. The highest BCUT2D eigenvalue weighted by Gasteiger charge is 2.42. The molecule has 34 heavy (non-hydrogen) atoms. The number of hydrogen-bond donors (Lipinski definition) is 1. The van der Waals surface area contributed by atoms with Crippen LogP contribution in [0.25, 0.3) is 5.69 Å². The normalized spacial score (nSPS) is 17.8. The zero-order valence-electron chi connectivity index (χ0n) is 20.3. The van der Waals surface area contributed by atoms with Gasteiger partial charge < -0.3 is 14.8 Å². The van der Waals surface area contributed by atoms with Crippen LogP contribution in [-0.2, 0) is 0 Å². The third-order valence-electron chi connectivity index (χ3n) is 6.95. The van der Waals surface area contributed by atoms with Crippen LogP contribution in [0.5, 0.6) is 0 Å². The Morgan fingerprint density at radius 1 is 0.824 bits per heavy atom. The number of thiocarbonyl (C=S) groups is 1. The smallest absolute Gasteiger partial charge is 0.174 e. The molecule has 1 saturated heterocycles. The number of aromatic nitrogens is 2. The fraction of sp³-hybridized carbons (Fsp3) is 0.241. The van der Waals surface area contributed by atoms with Gasteiger partial charge in [-0.05, 0) is 106 Å². The largest absolute Gasteiger partial charge is 0.351 e. The van der Waals surface area contributed by atoms with Crippen LogP contribution in [0.15, 0.2) is 72.9 Å². The zero-order valence-corrected chi connectivity index (χ0v) is 21.1. The molecular weight excluding hydrogens is 436 g/mol. The number of pyridine rings is 1. The molecule has 1 N–H and O–H groups in total. The lowest BCUT2D eigenvalue weighted by Crippen LogP contribution is -2.29. The maximum atomic E-state index is 5.92. The van der Waals surface area contributed by atoms with E-state index in [0.29, 0.717) is 0 Å². The summed E-state index contributed by atoms with van der Waals surface area (Å²) in [7, 11) is 0. The van der Waals surface area contributed by atoms with Gasteiger partial charge in [0.2, 0.25) is 0 Å². The van der Waals surface area contributed by atoms with Crippen molar-refractivity contribution < 1.29 is 0 Å². The summed E-state index contributed by atoms with van der Waals surface area (Å²) in [5.41, 5.74) is 10.7. The molecule has 0 spiro atoms. The van der Waals surface area contributed by atoms with E-state index in [-0.39, 0.29) is 12.1 Å². The van der Waals surface area contributed by atoms with Crippen molar-refractivity contribution in [1.82, 2.24) is 14.9 Å². The summed E-state index contributed by atoms with van der Waals surface area (Å²) in [4.78, 5) is 6.97. The lowest BCUT2D eigenvalue weighted by molar-refractivity contribution is 0.565. The fourth-order valence-corrected chi connectivity index (χ4v) is 5.35. The van der Waals surface area contributed by atoms with Gasteiger partial charge in [-0.2, -0.15) is 0 Å². The second-order valence-electron chi connectivity index (χ2n) is 9.26. The van der Waals surface area contributed by atoms with Gasteiger partial charge in [0.25, 0.3) is 0 Å². The maximum Gasteiger partial charge on any atom is 0.174 e. The Morgan fingerprint density at radius 2 is 1.56 bits per heavy atom. The van der Waals surface area contributed by atoms with Crippen LogP contribution in [0, 0.1) is 34.6 Å². The highest BCUT2D eigenvalue weighted by atomic mass is 32.1. The van der Waals surface area contributed by atoms with Crippen molar-refractivity contribution in [2.45, 2.75) is 46.7 Å². The predicted octanol–water partition coefficient (Wildman–Crippen LogP) is 6.59. The molecule has 4 nitrogen and oxygen atoms in total. The average molecular weight is 467 g/mol. The Labute approximate surface area is 207 Å². The van der Waals surface area contributed by atoms with Crippen molar-refractivity contribution in [3.05, 3.63) is 112 Å². The predicted molar refractivity (Wildman–Crippen MR) is 144 cm³/mol. The Kier molecular flexibility index (Phi) is 5.74. The van der Waals surface area contributed by atoms with E-state index >= 15 is 0 Å². The van der Waals surface area contributed by atoms with Gasteiger partial charge in [0, 0.05) is 29.0 Å². The zero-order chi connectivity index (χ0) is 24.0. The van der Waals surface area contributed by atoms with Crippen LogP contribution in [0.3, 0.4) is 0 Å². The van der Waals surface area contributed by atoms with Crippen molar-refractivity contribution >= 4 is 23.0 Å². The summed E-state index contributed by atoms with van der Waals surface area (Å²) in [5, 5.41) is 4.32. The minimum atomic E-state index is -0.0534. The molecule has 2 aromatic carbocycles. The third-order valence-corrected chi connectivity index (χ3v) is 7.26. The van der Waals surface area contributed by atoms with E-state index in [2.05, 4.69) is 104 Å². The fourth-order valence-electron chi connectivity index (χ4n) is 5.00. The monoisotopic (exact) mass is 466 g/mol. The van der Waals surface area contributed by atoms with Gasteiger partial charge in [0.05, 0.1) is 17.8 Å². The Balaban J connectivity index is 1.68. The van der Waals surface area contributed by atoms with Crippen molar-refractivity contribution in [3.63, 3.8) is 0 Å². The molecule has 0 bridgehead atoms. The maximum absolute atomic E-state index is 5.92. The molecule has 5 heteroatoms. The summed E-state index contributed by atoms with van der Waals surface area (Å²) in [6.45, 7) is 10.8. The van der Waals surface area contributed by atoms with Gasteiger partial charge in [-0.25, -0.2) is 0 Å². The first-order valence-corrected chi connectivity index (χ1v) is 12.1. The molecule has 172 valence electrons. The van der Waals surface area contributed by atoms with Crippen molar-refractivity contribution in [3.8, 4) is 5.69 Å². The molecule has 3 heterocycles. The van der Waals surface area contributed by atoms with E-state index in [1.54, 1.807) is 0 Å². The number of rotatable bonds is 4. The molecule has 0 saturated carbocycles. The molecule has 2 atom stereocenters. The number of nitrogens with zero attached hydrogens (tertiary/aromatic N) is 3. The summed E-state index contributed by atoms with van der Waals surface area (Å²) in [6.07, 6.45) is 1.85. The van der Waals surface area contributed by atoms with E-state index in [1.807, 2.05) is 18.3 Å². The van der Waals surface area contributed by atoms with Crippen molar-refractivity contribution in [2.24, 2.45) is 0 Å². The Bertz CT molecular complexity index is 1360. The number of nitrogens with one attached hydrogen (secondary N) is 1. The lowest BCUT2D eigenvalue weighted by Gasteiger charge is -2.28. The molecule has 0 amide bonds. The minimum absolute atomic E-state index is 0.0186. The Hall–Kier alpha value is -3.44. The number of hydrogen-bond acceptors (Lipinski definition) is 2. The van der Waals surface area contributed by atoms with Crippen LogP contribution >= 0.6 is 12.2 Å². The molecule has 1 aliphatic rings.